The smallest absolute Gasteiger partial charge is 0.334 e. The molecular formula is C8H15NO5S. The van der Waals surface area contributed by atoms with E-state index in [-0.39, 0.29) is 18.9 Å². The summed E-state index contributed by atoms with van der Waals surface area (Å²) in [5.41, 5.74) is 0. The maximum absolute atomic E-state index is 11.4. The van der Waals surface area contributed by atoms with Gasteiger partial charge in [-0.05, 0) is 13.3 Å². The molecule has 1 N–H and O–H groups in total. The minimum absolute atomic E-state index is 0.0918. The van der Waals surface area contributed by atoms with Gasteiger partial charge in [0.05, 0.1) is 12.3 Å². The van der Waals surface area contributed by atoms with Gasteiger partial charge in [0.15, 0.2) is 6.10 Å². The van der Waals surface area contributed by atoms with Crippen LogP contribution in [0.3, 0.4) is 0 Å². The molecule has 1 rings (SSSR count). The van der Waals surface area contributed by atoms with Crippen molar-refractivity contribution in [2.45, 2.75) is 19.4 Å². The van der Waals surface area contributed by atoms with Crippen molar-refractivity contribution in [3.63, 3.8) is 0 Å². The summed E-state index contributed by atoms with van der Waals surface area (Å²) in [4.78, 5) is 10.7. The Bertz CT molecular complexity index is 326. The third-order valence-corrected chi connectivity index (χ3v) is 4.14. The lowest BCUT2D eigenvalue weighted by Gasteiger charge is -2.19. The predicted octanol–water partition coefficient (Wildman–Crippen LogP) is -0.488. The van der Waals surface area contributed by atoms with Crippen LogP contribution in [0, 0.1) is 0 Å². The van der Waals surface area contributed by atoms with Crippen molar-refractivity contribution in [3.05, 3.63) is 0 Å². The summed E-state index contributed by atoms with van der Waals surface area (Å²) in [5, 5.41) is 8.79. The van der Waals surface area contributed by atoms with E-state index >= 15 is 0 Å². The fourth-order valence-electron chi connectivity index (χ4n) is 1.48. The van der Waals surface area contributed by atoms with Gasteiger partial charge in [0.2, 0.25) is 10.0 Å². The molecule has 0 saturated carbocycles. The Morgan fingerprint density at radius 2 is 2.27 bits per heavy atom. The topological polar surface area (TPSA) is 83.9 Å². The van der Waals surface area contributed by atoms with Gasteiger partial charge in [-0.3, -0.25) is 0 Å². The van der Waals surface area contributed by atoms with Crippen molar-refractivity contribution in [1.82, 2.24) is 4.31 Å². The molecule has 0 aromatic heterocycles. The van der Waals surface area contributed by atoms with Crippen LogP contribution in [0.4, 0.5) is 0 Å². The zero-order valence-electron chi connectivity index (χ0n) is 8.55. The average molecular weight is 237 g/mol. The van der Waals surface area contributed by atoms with E-state index < -0.39 is 22.1 Å². The first-order valence-corrected chi connectivity index (χ1v) is 6.40. The Morgan fingerprint density at radius 3 is 2.67 bits per heavy atom. The summed E-state index contributed by atoms with van der Waals surface area (Å²) in [5.74, 6) is -1.02. The SMILES string of the molecule is CCOC(CN1CCCS1(=O)=O)C(=O)O. The number of carboxylic acids is 1. The lowest BCUT2D eigenvalue weighted by molar-refractivity contribution is -0.150. The van der Waals surface area contributed by atoms with E-state index in [9.17, 15) is 13.2 Å². The zero-order valence-corrected chi connectivity index (χ0v) is 9.37. The van der Waals surface area contributed by atoms with Crippen molar-refractivity contribution >= 4 is 16.0 Å². The largest absolute Gasteiger partial charge is 0.479 e. The maximum Gasteiger partial charge on any atom is 0.334 e. The second-order valence-corrected chi connectivity index (χ2v) is 5.40. The summed E-state index contributed by atoms with van der Waals surface area (Å²) in [6, 6.07) is 0. The number of rotatable bonds is 5. The van der Waals surface area contributed by atoms with Crippen LogP contribution in [0.15, 0.2) is 0 Å². The lowest BCUT2D eigenvalue weighted by atomic mass is 10.3. The highest BCUT2D eigenvalue weighted by atomic mass is 32.2. The van der Waals surface area contributed by atoms with E-state index in [1.54, 1.807) is 6.92 Å². The van der Waals surface area contributed by atoms with Gasteiger partial charge in [0, 0.05) is 13.2 Å². The first-order chi connectivity index (χ1) is 6.97. The van der Waals surface area contributed by atoms with Crippen LogP contribution in [0.25, 0.3) is 0 Å². The summed E-state index contributed by atoms with van der Waals surface area (Å²) < 4.78 is 28.9. The Balaban J connectivity index is 2.62. The van der Waals surface area contributed by atoms with E-state index in [4.69, 9.17) is 9.84 Å². The number of aliphatic carboxylic acids is 1. The van der Waals surface area contributed by atoms with Gasteiger partial charge in [-0.2, -0.15) is 4.31 Å². The zero-order chi connectivity index (χ0) is 11.5. The van der Waals surface area contributed by atoms with Crippen molar-refractivity contribution in [2.24, 2.45) is 0 Å². The molecule has 1 fully saturated rings. The first-order valence-electron chi connectivity index (χ1n) is 4.79. The second-order valence-electron chi connectivity index (χ2n) is 3.31. The molecule has 0 bridgehead atoms. The van der Waals surface area contributed by atoms with E-state index in [0.29, 0.717) is 13.0 Å². The molecule has 0 aromatic carbocycles. The molecule has 1 atom stereocenters. The number of ether oxygens (including phenoxy) is 1. The molecule has 15 heavy (non-hydrogen) atoms. The van der Waals surface area contributed by atoms with Crippen molar-refractivity contribution in [3.8, 4) is 0 Å². The average Bonchev–Trinajstić information content (AvgIpc) is 2.45. The Morgan fingerprint density at radius 1 is 1.60 bits per heavy atom. The van der Waals surface area contributed by atoms with Crippen molar-refractivity contribution in [1.29, 1.82) is 0 Å². The van der Waals surface area contributed by atoms with Crippen molar-refractivity contribution < 1.29 is 23.1 Å². The van der Waals surface area contributed by atoms with Crippen LogP contribution in [-0.4, -0.2) is 55.4 Å². The summed E-state index contributed by atoms with van der Waals surface area (Å²) in [6.07, 6.45) is -0.510. The molecule has 7 heteroatoms. The molecule has 6 nitrogen and oxygen atoms in total. The molecule has 0 aromatic rings. The maximum atomic E-state index is 11.4. The van der Waals surface area contributed by atoms with Gasteiger partial charge in [-0.25, -0.2) is 13.2 Å². The highest BCUT2D eigenvalue weighted by Gasteiger charge is 2.32. The molecule has 0 spiro atoms. The fourth-order valence-corrected chi connectivity index (χ4v) is 3.01. The normalized spacial score (nSPS) is 22.7. The Hall–Kier alpha value is -0.660. The number of nitrogens with zero attached hydrogens (tertiary/aromatic N) is 1. The first kappa shape index (κ1) is 12.4. The van der Waals surface area contributed by atoms with Gasteiger partial charge in [-0.1, -0.05) is 0 Å². The van der Waals surface area contributed by atoms with Crippen LogP contribution in [0.2, 0.25) is 0 Å². The summed E-state index contributed by atoms with van der Waals surface area (Å²) in [6.45, 7) is 2.23. The molecule has 1 unspecified atom stereocenters. The third kappa shape index (κ3) is 3.15. The van der Waals surface area contributed by atoms with Crippen LogP contribution >= 0.6 is 0 Å². The predicted molar refractivity (Wildman–Crippen MR) is 53.0 cm³/mol. The van der Waals surface area contributed by atoms with Crippen LogP contribution in [-0.2, 0) is 19.6 Å². The summed E-state index contributed by atoms with van der Waals surface area (Å²) in [7, 11) is -3.24. The molecule has 1 heterocycles. The minimum Gasteiger partial charge on any atom is -0.479 e. The molecule has 88 valence electrons. The molecule has 0 aliphatic carbocycles. The van der Waals surface area contributed by atoms with E-state index in [0.717, 1.165) is 0 Å². The van der Waals surface area contributed by atoms with Crippen molar-refractivity contribution in [2.75, 3.05) is 25.4 Å². The van der Waals surface area contributed by atoms with Crippen LogP contribution in [0.1, 0.15) is 13.3 Å². The van der Waals surface area contributed by atoms with E-state index in [1.807, 2.05) is 0 Å². The van der Waals surface area contributed by atoms with Crippen LogP contribution in [0.5, 0.6) is 0 Å². The number of hydrogen-bond donors (Lipinski definition) is 1. The fraction of sp³-hybridized carbons (Fsp3) is 0.875. The van der Waals surface area contributed by atoms with E-state index in [2.05, 4.69) is 0 Å². The number of sulfonamides is 1. The number of carbonyl (C=O) groups is 1. The standard InChI is InChI=1S/C8H15NO5S/c1-2-14-7(8(10)11)6-9-4-3-5-15(9,12)13/h7H,2-6H2,1H3,(H,10,11). The van der Waals surface area contributed by atoms with E-state index in [1.165, 1.54) is 4.31 Å². The van der Waals surface area contributed by atoms with Gasteiger partial charge in [-0.15, -0.1) is 0 Å². The molecule has 1 aliphatic heterocycles. The second kappa shape index (κ2) is 4.91. The molecule has 0 radical (unpaired) electrons. The monoisotopic (exact) mass is 237 g/mol. The third-order valence-electron chi connectivity index (χ3n) is 2.22. The minimum atomic E-state index is -3.24. The number of carboxylic acid groups (broad SMARTS) is 1. The Labute approximate surface area is 88.9 Å². The van der Waals surface area contributed by atoms with Crippen LogP contribution < -0.4 is 0 Å². The molecule has 1 saturated heterocycles. The Kier molecular flexibility index (Phi) is 4.06. The quantitative estimate of drug-likeness (QED) is 0.697. The molecule has 0 amide bonds. The van der Waals surface area contributed by atoms with Gasteiger partial charge < -0.3 is 9.84 Å². The van der Waals surface area contributed by atoms with Gasteiger partial charge in [0.25, 0.3) is 0 Å². The highest BCUT2D eigenvalue weighted by Crippen LogP contribution is 2.14. The number of hydrogen-bond acceptors (Lipinski definition) is 4. The molecule has 1 aliphatic rings. The van der Waals surface area contributed by atoms with Gasteiger partial charge in [0.1, 0.15) is 0 Å². The summed E-state index contributed by atoms with van der Waals surface area (Å²) >= 11 is 0. The molecular weight excluding hydrogens is 222 g/mol. The van der Waals surface area contributed by atoms with Gasteiger partial charge >= 0.3 is 5.97 Å². The lowest BCUT2D eigenvalue weighted by Crippen LogP contribution is -2.39. The highest BCUT2D eigenvalue weighted by molar-refractivity contribution is 7.89.